The van der Waals surface area contributed by atoms with Crippen molar-refractivity contribution in [3.05, 3.63) is 59.0 Å². The van der Waals surface area contributed by atoms with Crippen molar-refractivity contribution in [2.24, 2.45) is 0 Å². The van der Waals surface area contributed by atoms with Crippen molar-refractivity contribution in [1.29, 1.82) is 0 Å². The van der Waals surface area contributed by atoms with E-state index >= 15 is 0 Å². The largest absolute Gasteiger partial charge is 0.235 e. The van der Waals surface area contributed by atoms with E-state index in [2.05, 4.69) is 72.9 Å². The van der Waals surface area contributed by atoms with Crippen molar-refractivity contribution in [2.75, 3.05) is 0 Å². The molecule has 0 aliphatic carbocycles. The predicted octanol–water partition coefficient (Wildman–Crippen LogP) is 8.24. The van der Waals surface area contributed by atoms with Crippen LogP contribution in [0.3, 0.4) is 0 Å². The first-order chi connectivity index (χ1) is 14.0. The zero-order valence-corrected chi connectivity index (χ0v) is 18.8. The van der Waals surface area contributed by atoms with Crippen molar-refractivity contribution in [2.45, 2.75) is 26.2 Å². The van der Waals surface area contributed by atoms with Gasteiger partial charge in [-0.3, -0.25) is 0 Å². The predicted molar refractivity (Wildman–Crippen MR) is 130 cm³/mol. The maximum Gasteiger partial charge on any atom is 0.116 e. The summed E-state index contributed by atoms with van der Waals surface area (Å²) in [6, 6.07) is 13.5. The average Bonchev–Trinajstić information content (AvgIpc) is 3.42. The quantitative estimate of drug-likeness (QED) is 0.262. The monoisotopic (exact) mass is 430 g/mol. The van der Waals surface area contributed by atoms with Crippen LogP contribution in [0.4, 0.5) is 0 Å². The zero-order valence-electron chi connectivity index (χ0n) is 16.3. The Bertz CT molecular complexity index is 1540. The molecular weight excluding hydrogens is 412 g/mol. The molecule has 0 aliphatic heterocycles. The van der Waals surface area contributed by atoms with Gasteiger partial charge in [-0.25, -0.2) is 9.97 Å². The molecule has 0 fully saturated rings. The summed E-state index contributed by atoms with van der Waals surface area (Å²) < 4.78 is 5.23. The maximum absolute atomic E-state index is 4.76. The van der Waals surface area contributed by atoms with Gasteiger partial charge in [-0.15, -0.1) is 34.0 Å². The molecule has 0 amide bonds. The molecular formula is C24H18N2S3. The summed E-state index contributed by atoms with van der Waals surface area (Å²) in [5.41, 5.74) is 4.75. The Morgan fingerprint density at radius 3 is 2.38 bits per heavy atom. The molecule has 0 radical (unpaired) electrons. The van der Waals surface area contributed by atoms with E-state index in [9.17, 15) is 0 Å². The molecule has 0 saturated carbocycles. The van der Waals surface area contributed by atoms with Gasteiger partial charge in [0, 0.05) is 15.6 Å². The van der Waals surface area contributed by atoms with E-state index in [-0.39, 0.29) is 5.41 Å². The van der Waals surface area contributed by atoms with E-state index < -0.39 is 0 Å². The Balaban J connectivity index is 1.71. The third kappa shape index (κ3) is 2.58. The summed E-state index contributed by atoms with van der Waals surface area (Å²) in [4.78, 5) is 9.44. The summed E-state index contributed by atoms with van der Waals surface area (Å²) in [6.07, 6.45) is 1.72. The third-order valence-corrected chi connectivity index (χ3v) is 8.73. The van der Waals surface area contributed by atoms with E-state index in [0.717, 1.165) is 11.2 Å². The van der Waals surface area contributed by atoms with Crippen LogP contribution in [-0.2, 0) is 5.41 Å². The number of fused-ring (bicyclic) bond motifs is 6. The van der Waals surface area contributed by atoms with Gasteiger partial charge in [-0.2, -0.15) is 0 Å². The summed E-state index contributed by atoms with van der Waals surface area (Å²) >= 11 is 5.46. The van der Waals surface area contributed by atoms with Gasteiger partial charge in [-0.05, 0) is 56.8 Å². The molecule has 4 aromatic heterocycles. The third-order valence-electron chi connectivity index (χ3n) is 5.47. The second kappa shape index (κ2) is 6.08. The first-order valence-corrected chi connectivity index (χ1v) is 12.1. The number of nitrogens with zero attached hydrogens (tertiary/aromatic N) is 2. The fourth-order valence-corrected chi connectivity index (χ4v) is 7.47. The molecule has 0 spiro atoms. The summed E-state index contributed by atoms with van der Waals surface area (Å²) in [6.45, 7) is 6.86. The van der Waals surface area contributed by atoms with Crippen molar-refractivity contribution < 1.29 is 0 Å². The van der Waals surface area contributed by atoms with E-state index in [0.29, 0.717) is 0 Å². The maximum atomic E-state index is 4.76. The van der Waals surface area contributed by atoms with Crippen LogP contribution in [0.15, 0.2) is 53.5 Å². The minimum absolute atomic E-state index is 0.0779. The zero-order chi connectivity index (χ0) is 19.8. The molecule has 2 aromatic carbocycles. The average molecular weight is 431 g/mol. The van der Waals surface area contributed by atoms with Gasteiger partial charge < -0.3 is 0 Å². The van der Waals surface area contributed by atoms with Gasteiger partial charge in [0.15, 0.2) is 0 Å². The van der Waals surface area contributed by atoms with Crippen LogP contribution in [-0.4, -0.2) is 9.97 Å². The highest BCUT2D eigenvalue weighted by molar-refractivity contribution is 7.31. The number of thiophene rings is 3. The van der Waals surface area contributed by atoms with Crippen molar-refractivity contribution in [1.82, 2.24) is 9.97 Å². The van der Waals surface area contributed by atoms with Crippen molar-refractivity contribution >= 4 is 74.5 Å². The van der Waals surface area contributed by atoms with Crippen LogP contribution in [0.25, 0.3) is 51.7 Å². The van der Waals surface area contributed by atoms with Crippen molar-refractivity contribution in [3.63, 3.8) is 0 Å². The lowest BCUT2D eigenvalue weighted by atomic mass is 9.85. The molecule has 0 atom stereocenters. The highest BCUT2D eigenvalue weighted by Crippen LogP contribution is 2.44. The van der Waals surface area contributed by atoms with Crippen LogP contribution in [0.2, 0.25) is 0 Å². The second-order valence-corrected chi connectivity index (χ2v) is 11.2. The lowest BCUT2D eigenvalue weighted by Crippen LogP contribution is -2.11. The van der Waals surface area contributed by atoms with Gasteiger partial charge >= 0.3 is 0 Å². The lowest BCUT2D eigenvalue weighted by molar-refractivity contribution is 0.597. The molecule has 0 unspecified atom stereocenters. The topological polar surface area (TPSA) is 25.8 Å². The molecule has 0 aliphatic rings. The molecule has 4 heterocycles. The first-order valence-electron chi connectivity index (χ1n) is 9.56. The van der Waals surface area contributed by atoms with E-state index in [1.165, 1.54) is 46.1 Å². The lowest BCUT2D eigenvalue weighted by Gasteiger charge is -2.21. The standard InChI is InChI=1S/C24H18N2S3/c1-24(2,3)17-11-15(10-14-7-9-27-20(14)17)18-23-19(26-12-25-18)16-5-4-13-6-8-28-21(13)22(16)29-23/h4-12H,1-3H3. The SMILES string of the molecule is CC(C)(C)c1cc(-c2ncnc3c2sc2c3ccc3ccsc32)cc2ccsc12. The van der Waals surface area contributed by atoms with Gasteiger partial charge in [0.1, 0.15) is 6.33 Å². The summed E-state index contributed by atoms with van der Waals surface area (Å²) in [5, 5.41) is 8.19. The fraction of sp³-hybridized carbons (Fsp3) is 0.167. The summed E-state index contributed by atoms with van der Waals surface area (Å²) in [7, 11) is 0. The van der Waals surface area contributed by atoms with Gasteiger partial charge in [0.2, 0.25) is 0 Å². The van der Waals surface area contributed by atoms with Crippen LogP contribution >= 0.6 is 34.0 Å². The minimum atomic E-state index is 0.0779. The van der Waals surface area contributed by atoms with Crippen LogP contribution in [0.5, 0.6) is 0 Å². The normalized spacial score (nSPS) is 12.7. The first kappa shape index (κ1) is 17.5. The smallest absolute Gasteiger partial charge is 0.116 e. The summed E-state index contributed by atoms with van der Waals surface area (Å²) in [5.74, 6) is 0. The van der Waals surface area contributed by atoms with E-state index in [1.54, 1.807) is 17.7 Å². The number of aromatic nitrogens is 2. The molecule has 0 bridgehead atoms. The molecule has 6 aromatic rings. The molecule has 142 valence electrons. The molecule has 2 nitrogen and oxygen atoms in total. The molecule has 0 saturated heterocycles. The number of hydrogen-bond donors (Lipinski definition) is 0. The Hall–Kier alpha value is -2.34. The van der Waals surface area contributed by atoms with Crippen molar-refractivity contribution in [3.8, 4) is 11.3 Å². The number of hydrogen-bond acceptors (Lipinski definition) is 5. The highest BCUT2D eigenvalue weighted by atomic mass is 32.1. The minimum Gasteiger partial charge on any atom is -0.235 e. The molecule has 29 heavy (non-hydrogen) atoms. The Kier molecular flexibility index (Phi) is 3.67. The second-order valence-electron chi connectivity index (χ2n) is 8.40. The Morgan fingerprint density at radius 1 is 0.759 bits per heavy atom. The molecule has 0 N–H and O–H groups in total. The highest BCUT2D eigenvalue weighted by Gasteiger charge is 2.21. The van der Waals surface area contributed by atoms with Crippen LogP contribution in [0, 0.1) is 0 Å². The fourth-order valence-electron chi connectivity index (χ4n) is 4.04. The Morgan fingerprint density at radius 2 is 1.55 bits per heavy atom. The van der Waals surface area contributed by atoms with Crippen LogP contribution in [0.1, 0.15) is 26.3 Å². The number of benzene rings is 2. The van der Waals surface area contributed by atoms with Gasteiger partial charge in [0.05, 0.1) is 25.3 Å². The van der Waals surface area contributed by atoms with E-state index in [4.69, 9.17) is 4.98 Å². The van der Waals surface area contributed by atoms with Gasteiger partial charge in [0.25, 0.3) is 0 Å². The van der Waals surface area contributed by atoms with Gasteiger partial charge in [-0.1, -0.05) is 32.9 Å². The Labute approximate surface area is 180 Å². The molecule has 5 heteroatoms. The van der Waals surface area contributed by atoms with Crippen LogP contribution < -0.4 is 0 Å². The van der Waals surface area contributed by atoms with E-state index in [1.807, 2.05) is 22.7 Å². The molecule has 6 rings (SSSR count). The number of rotatable bonds is 1.